The van der Waals surface area contributed by atoms with Gasteiger partial charge in [-0.3, -0.25) is 9.59 Å². The average Bonchev–Trinajstić information content (AvgIpc) is 3.17. The third kappa shape index (κ3) is 4.45. The van der Waals surface area contributed by atoms with Gasteiger partial charge in [-0.05, 0) is 36.6 Å². The van der Waals surface area contributed by atoms with Crippen LogP contribution in [-0.4, -0.2) is 36.5 Å². The molecule has 0 aliphatic carbocycles. The second-order valence-corrected chi connectivity index (χ2v) is 6.22. The number of carbonyl (C=O) groups is 2. The van der Waals surface area contributed by atoms with Gasteiger partial charge in [0, 0.05) is 31.5 Å². The summed E-state index contributed by atoms with van der Waals surface area (Å²) < 4.78 is 5.38. The van der Waals surface area contributed by atoms with Crippen LogP contribution in [0.5, 0.6) is 0 Å². The number of hydrogen-bond donors (Lipinski definition) is 1. The predicted octanol–water partition coefficient (Wildman–Crippen LogP) is 3.08. The first-order valence-electron chi connectivity index (χ1n) is 8.45. The quantitative estimate of drug-likeness (QED) is 0.911. The minimum Gasteiger partial charge on any atom is -0.368 e. The lowest BCUT2D eigenvalue weighted by molar-refractivity contribution is -0.124. The Bertz CT molecular complexity index is 740. The Hall–Kier alpha value is -2.66. The summed E-state index contributed by atoms with van der Waals surface area (Å²) in [5.74, 6) is -0.239. The zero-order chi connectivity index (χ0) is 17.6. The van der Waals surface area contributed by atoms with Crippen molar-refractivity contribution < 1.29 is 14.3 Å². The van der Waals surface area contributed by atoms with Crippen molar-refractivity contribution in [3.63, 3.8) is 0 Å². The van der Waals surface area contributed by atoms with Gasteiger partial charge in [0.2, 0.25) is 0 Å². The summed E-state index contributed by atoms with van der Waals surface area (Å²) in [5, 5.41) is 2.83. The highest BCUT2D eigenvalue weighted by atomic mass is 16.5. The highest BCUT2D eigenvalue weighted by Gasteiger charge is 2.23. The lowest BCUT2D eigenvalue weighted by Crippen LogP contribution is -2.28. The molecular formula is C20H22N2O3. The Morgan fingerprint density at radius 1 is 1.16 bits per heavy atom. The second kappa shape index (κ2) is 7.94. The van der Waals surface area contributed by atoms with Crippen molar-refractivity contribution in [1.82, 2.24) is 4.90 Å². The molecule has 2 aromatic carbocycles. The molecule has 1 fully saturated rings. The maximum Gasteiger partial charge on any atom is 0.253 e. The van der Waals surface area contributed by atoms with Crippen molar-refractivity contribution >= 4 is 17.5 Å². The van der Waals surface area contributed by atoms with Crippen LogP contribution >= 0.6 is 0 Å². The highest BCUT2D eigenvalue weighted by Crippen LogP contribution is 2.17. The number of benzene rings is 2. The van der Waals surface area contributed by atoms with Gasteiger partial charge in [-0.1, -0.05) is 36.4 Å². The Morgan fingerprint density at radius 2 is 1.96 bits per heavy atom. The van der Waals surface area contributed by atoms with Gasteiger partial charge in [-0.15, -0.1) is 0 Å². The van der Waals surface area contributed by atoms with E-state index in [1.807, 2.05) is 30.3 Å². The molecule has 0 aromatic heterocycles. The Labute approximate surface area is 147 Å². The molecule has 2 amide bonds. The maximum atomic E-state index is 12.6. The van der Waals surface area contributed by atoms with Crippen LogP contribution in [0, 0.1) is 0 Å². The topological polar surface area (TPSA) is 58.6 Å². The molecule has 25 heavy (non-hydrogen) atoms. The third-order valence-electron chi connectivity index (χ3n) is 4.21. The van der Waals surface area contributed by atoms with Gasteiger partial charge >= 0.3 is 0 Å². The molecule has 0 radical (unpaired) electrons. The van der Waals surface area contributed by atoms with Crippen LogP contribution < -0.4 is 5.32 Å². The maximum absolute atomic E-state index is 12.6. The summed E-state index contributed by atoms with van der Waals surface area (Å²) >= 11 is 0. The molecule has 2 aromatic rings. The van der Waals surface area contributed by atoms with Crippen LogP contribution in [0.1, 0.15) is 28.8 Å². The van der Waals surface area contributed by atoms with Gasteiger partial charge in [0.1, 0.15) is 6.10 Å². The van der Waals surface area contributed by atoms with Crippen LogP contribution in [0.4, 0.5) is 5.69 Å². The summed E-state index contributed by atoms with van der Waals surface area (Å²) in [7, 11) is 1.77. The van der Waals surface area contributed by atoms with Crippen LogP contribution in [0.3, 0.4) is 0 Å². The summed E-state index contributed by atoms with van der Waals surface area (Å²) in [4.78, 5) is 26.4. The second-order valence-electron chi connectivity index (χ2n) is 6.22. The van der Waals surface area contributed by atoms with E-state index < -0.39 is 0 Å². The molecule has 3 rings (SSSR count). The molecule has 0 spiro atoms. The molecule has 1 aliphatic rings. The number of hydrogen-bond acceptors (Lipinski definition) is 3. The summed E-state index contributed by atoms with van der Waals surface area (Å²) in [6.45, 7) is 1.16. The predicted molar refractivity (Wildman–Crippen MR) is 96.3 cm³/mol. The Balaban J connectivity index is 1.65. The number of amides is 2. The van der Waals surface area contributed by atoms with Gasteiger partial charge in [-0.2, -0.15) is 0 Å². The van der Waals surface area contributed by atoms with E-state index in [2.05, 4.69) is 5.32 Å². The first-order chi connectivity index (χ1) is 12.1. The van der Waals surface area contributed by atoms with E-state index in [9.17, 15) is 9.59 Å². The fourth-order valence-electron chi connectivity index (χ4n) is 2.89. The SMILES string of the molecule is CN(Cc1ccccc1)C(=O)c1cccc(NC(=O)C2CCCO2)c1. The van der Waals surface area contributed by atoms with Crippen LogP contribution in [0.25, 0.3) is 0 Å². The molecule has 1 saturated heterocycles. The molecule has 5 heteroatoms. The molecule has 1 atom stereocenters. The van der Waals surface area contributed by atoms with Crippen molar-refractivity contribution in [2.24, 2.45) is 0 Å². The van der Waals surface area contributed by atoms with Crippen molar-refractivity contribution in [2.45, 2.75) is 25.5 Å². The molecule has 130 valence electrons. The van der Waals surface area contributed by atoms with Crippen molar-refractivity contribution in [2.75, 3.05) is 19.0 Å². The van der Waals surface area contributed by atoms with Gasteiger partial charge in [0.15, 0.2) is 0 Å². The van der Waals surface area contributed by atoms with Crippen molar-refractivity contribution in [3.8, 4) is 0 Å². The Morgan fingerprint density at radius 3 is 2.68 bits per heavy atom. The normalized spacial score (nSPS) is 16.4. The summed E-state index contributed by atoms with van der Waals surface area (Å²) in [6, 6.07) is 16.8. The van der Waals surface area contributed by atoms with Gasteiger partial charge in [0.05, 0.1) is 0 Å². The summed E-state index contributed by atoms with van der Waals surface area (Å²) in [5.41, 5.74) is 2.23. The largest absolute Gasteiger partial charge is 0.368 e. The van der Waals surface area contributed by atoms with E-state index in [0.717, 1.165) is 18.4 Å². The zero-order valence-electron chi connectivity index (χ0n) is 14.3. The fraction of sp³-hybridized carbons (Fsp3) is 0.300. The van der Waals surface area contributed by atoms with Gasteiger partial charge < -0.3 is 15.0 Å². The first-order valence-corrected chi connectivity index (χ1v) is 8.45. The van der Waals surface area contributed by atoms with Gasteiger partial charge in [0.25, 0.3) is 11.8 Å². The molecule has 0 bridgehead atoms. The number of anilines is 1. The van der Waals surface area contributed by atoms with E-state index >= 15 is 0 Å². The molecule has 0 saturated carbocycles. The molecular weight excluding hydrogens is 316 g/mol. The standard InChI is InChI=1S/C20H22N2O3/c1-22(14-15-7-3-2-4-8-15)20(24)16-9-5-10-17(13-16)21-19(23)18-11-6-12-25-18/h2-5,7-10,13,18H,6,11-12,14H2,1H3,(H,21,23). The fourth-order valence-corrected chi connectivity index (χ4v) is 2.89. The van der Waals surface area contributed by atoms with Crippen molar-refractivity contribution in [3.05, 3.63) is 65.7 Å². The number of nitrogens with one attached hydrogen (secondary N) is 1. The van der Waals surface area contributed by atoms with E-state index in [4.69, 9.17) is 4.74 Å². The van der Waals surface area contributed by atoms with E-state index in [-0.39, 0.29) is 17.9 Å². The molecule has 1 aliphatic heterocycles. The minimum atomic E-state index is -0.389. The minimum absolute atomic E-state index is 0.0860. The number of nitrogens with zero attached hydrogens (tertiary/aromatic N) is 1. The van der Waals surface area contributed by atoms with Crippen LogP contribution in [0.2, 0.25) is 0 Å². The zero-order valence-corrected chi connectivity index (χ0v) is 14.3. The Kier molecular flexibility index (Phi) is 5.46. The molecule has 1 heterocycles. The lowest BCUT2D eigenvalue weighted by atomic mass is 10.1. The smallest absolute Gasteiger partial charge is 0.253 e. The molecule has 1 N–H and O–H groups in total. The van der Waals surface area contributed by atoms with E-state index in [1.54, 1.807) is 36.2 Å². The van der Waals surface area contributed by atoms with Crippen LogP contribution in [0.15, 0.2) is 54.6 Å². The van der Waals surface area contributed by atoms with Gasteiger partial charge in [-0.25, -0.2) is 0 Å². The summed E-state index contributed by atoms with van der Waals surface area (Å²) in [6.07, 6.45) is 1.26. The number of rotatable bonds is 5. The first kappa shape index (κ1) is 17.2. The molecule has 1 unspecified atom stereocenters. The molecule has 5 nitrogen and oxygen atoms in total. The third-order valence-corrected chi connectivity index (χ3v) is 4.21. The monoisotopic (exact) mass is 338 g/mol. The number of carbonyl (C=O) groups excluding carboxylic acids is 2. The van der Waals surface area contributed by atoms with Crippen LogP contribution in [-0.2, 0) is 16.1 Å². The highest BCUT2D eigenvalue weighted by molar-refractivity contribution is 5.98. The van der Waals surface area contributed by atoms with E-state index in [0.29, 0.717) is 24.4 Å². The average molecular weight is 338 g/mol. The van der Waals surface area contributed by atoms with E-state index in [1.165, 1.54) is 0 Å². The lowest BCUT2D eigenvalue weighted by Gasteiger charge is -2.18. The van der Waals surface area contributed by atoms with Crippen molar-refractivity contribution in [1.29, 1.82) is 0 Å². The number of ether oxygens (including phenoxy) is 1.